The van der Waals surface area contributed by atoms with Crippen LogP contribution in [0, 0.1) is 27.7 Å². The molecule has 3 heterocycles. The molecule has 0 bridgehead atoms. The van der Waals surface area contributed by atoms with Gasteiger partial charge in [-0.2, -0.15) is 0 Å². The summed E-state index contributed by atoms with van der Waals surface area (Å²) < 4.78 is 2.37. The van der Waals surface area contributed by atoms with Gasteiger partial charge in [0.05, 0.1) is 33.5 Å². The molecule has 3 heteroatoms. The summed E-state index contributed by atoms with van der Waals surface area (Å²) in [5.41, 5.74) is 21.7. The van der Waals surface area contributed by atoms with Crippen LogP contribution < -0.4 is 0 Å². The zero-order valence-electron chi connectivity index (χ0n) is 36.9. The molecule has 0 atom stereocenters. The Kier molecular flexibility index (Phi) is 9.06. The first-order valence-electron chi connectivity index (χ1n) is 22.5. The van der Waals surface area contributed by atoms with Crippen LogP contribution in [0.3, 0.4) is 0 Å². The number of benzene rings is 9. The van der Waals surface area contributed by atoms with Gasteiger partial charge in [-0.25, -0.2) is 9.97 Å². The highest BCUT2D eigenvalue weighted by Crippen LogP contribution is 2.41. The maximum atomic E-state index is 5.50. The highest BCUT2D eigenvalue weighted by atomic mass is 15.0. The van der Waals surface area contributed by atoms with Crippen molar-refractivity contribution in [3.05, 3.63) is 222 Å². The monoisotopic (exact) mass is 831 g/mol. The van der Waals surface area contributed by atoms with E-state index in [0.29, 0.717) is 0 Å². The summed E-state index contributed by atoms with van der Waals surface area (Å²) in [4.78, 5) is 11.0. The molecule has 308 valence electrons. The third-order valence-corrected chi connectivity index (χ3v) is 13.9. The number of pyridine rings is 2. The van der Waals surface area contributed by atoms with Crippen molar-refractivity contribution in [1.82, 2.24) is 14.5 Å². The molecule has 0 unspecified atom stereocenters. The first-order valence-corrected chi connectivity index (χ1v) is 22.5. The summed E-state index contributed by atoms with van der Waals surface area (Å²) in [7, 11) is 0. The summed E-state index contributed by atoms with van der Waals surface area (Å²) in [6.45, 7) is 8.84. The second-order valence-electron chi connectivity index (χ2n) is 17.4. The van der Waals surface area contributed by atoms with Crippen LogP contribution in [0.25, 0.3) is 116 Å². The van der Waals surface area contributed by atoms with E-state index in [2.05, 4.69) is 232 Å². The van der Waals surface area contributed by atoms with E-state index < -0.39 is 0 Å². The summed E-state index contributed by atoms with van der Waals surface area (Å²) >= 11 is 0. The number of aromatic nitrogens is 3. The van der Waals surface area contributed by atoms with Gasteiger partial charge in [-0.3, -0.25) is 0 Å². The molecule has 0 N–H and O–H groups in total. The maximum Gasteiger partial charge on any atom is 0.0975 e. The zero-order chi connectivity index (χ0) is 43.8. The Morgan fingerprint density at radius 1 is 0.292 bits per heavy atom. The third-order valence-electron chi connectivity index (χ3n) is 13.9. The molecule has 3 nitrogen and oxygen atoms in total. The fourth-order valence-corrected chi connectivity index (χ4v) is 10.2. The summed E-state index contributed by atoms with van der Waals surface area (Å²) in [5, 5.41) is 7.26. The van der Waals surface area contributed by atoms with Gasteiger partial charge in [-0.15, -0.1) is 0 Å². The summed E-state index contributed by atoms with van der Waals surface area (Å²) in [6, 6.07) is 72.5. The van der Waals surface area contributed by atoms with Gasteiger partial charge >= 0.3 is 0 Å². The van der Waals surface area contributed by atoms with E-state index in [0.717, 1.165) is 44.3 Å². The van der Waals surface area contributed by atoms with Crippen molar-refractivity contribution in [2.24, 2.45) is 0 Å². The van der Waals surface area contributed by atoms with E-state index in [9.17, 15) is 0 Å². The van der Waals surface area contributed by atoms with Crippen molar-refractivity contribution in [2.75, 3.05) is 0 Å². The Morgan fingerprint density at radius 2 is 0.785 bits per heavy atom. The lowest BCUT2D eigenvalue weighted by Gasteiger charge is -2.17. The van der Waals surface area contributed by atoms with Gasteiger partial charge in [0.25, 0.3) is 0 Å². The second-order valence-corrected chi connectivity index (χ2v) is 17.4. The highest BCUT2D eigenvalue weighted by molar-refractivity contribution is 6.12. The van der Waals surface area contributed by atoms with Gasteiger partial charge in [-0.05, 0) is 131 Å². The van der Waals surface area contributed by atoms with Crippen LogP contribution in [-0.2, 0) is 0 Å². The zero-order valence-corrected chi connectivity index (χ0v) is 36.9. The Labute approximate surface area is 379 Å². The summed E-state index contributed by atoms with van der Waals surface area (Å²) in [5.74, 6) is 0. The lowest BCUT2D eigenvalue weighted by atomic mass is 9.91. The first kappa shape index (κ1) is 38.5. The Hall–Kier alpha value is -8.14. The molecule has 65 heavy (non-hydrogen) atoms. The van der Waals surface area contributed by atoms with Gasteiger partial charge in [-0.1, -0.05) is 164 Å². The topological polar surface area (TPSA) is 30.7 Å². The van der Waals surface area contributed by atoms with Crippen molar-refractivity contribution in [3.8, 4) is 61.6 Å². The molecule has 0 saturated heterocycles. The van der Waals surface area contributed by atoms with Crippen LogP contribution >= 0.6 is 0 Å². The second kappa shape index (κ2) is 15.3. The number of fused-ring (bicyclic) bond motifs is 7. The minimum absolute atomic E-state index is 0.942. The minimum atomic E-state index is 0.942. The van der Waals surface area contributed by atoms with E-state index in [1.54, 1.807) is 0 Å². The predicted molar refractivity (Wildman–Crippen MR) is 275 cm³/mol. The number of rotatable bonds is 6. The Bertz CT molecular complexity index is 3840. The van der Waals surface area contributed by atoms with Crippen molar-refractivity contribution >= 4 is 54.4 Å². The van der Waals surface area contributed by atoms with E-state index in [-0.39, 0.29) is 0 Å². The van der Waals surface area contributed by atoms with Gasteiger partial charge < -0.3 is 4.57 Å². The average molecular weight is 832 g/mol. The number of aryl methyl sites for hydroxylation is 2. The molecule has 0 fully saturated rings. The van der Waals surface area contributed by atoms with Crippen LogP contribution in [-0.4, -0.2) is 14.5 Å². The van der Waals surface area contributed by atoms with Gasteiger partial charge in [0.1, 0.15) is 0 Å². The minimum Gasteiger partial charge on any atom is -0.309 e. The van der Waals surface area contributed by atoms with Crippen LogP contribution in [0.5, 0.6) is 0 Å². The predicted octanol–water partition coefficient (Wildman–Crippen LogP) is 16.6. The van der Waals surface area contributed by atoms with E-state index in [1.807, 2.05) is 0 Å². The summed E-state index contributed by atoms with van der Waals surface area (Å²) in [6.07, 6.45) is 0. The molecule has 0 aliphatic rings. The van der Waals surface area contributed by atoms with Crippen LogP contribution in [0.15, 0.2) is 200 Å². The first-order chi connectivity index (χ1) is 31.9. The lowest BCUT2D eigenvalue weighted by Crippen LogP contribution is -2.00. The molecule has 0 aliphatic carbocycles. The molecular weight excluding hydrogens is 787 g/mol. The van der Waals surface area contributed by atoms with Crippen molar-refractivity contribution < 1.29 is 0 Å². The molecule has 0 aliphatic heterocycles. The largest absolute Gasteiger partial charge is 0.309 e. The molecular formula is C62H45N3. The van der Waals surface area contributed by atoms with Gasteiger partial charge in [0, 0.05) is 38.4 Å². The van der Waals surface area contributed by atoms with Crippen LogP contribution in [0.4, 0.5) is 0 Å². The van der Waals surface area contributed by atoms with Crippen LogP contribution in [0.2, 0.25) is 0 Å². The molecule has 0 spiro atoms. The normalized spacial score (nSPS) is 11.7. The smallest absolute Gasteiger partial charge is 0.0975 e. The standard InChI is InChI=1S/C62H45N3/c1-38-40(3)59(63-61-49(38)33-34-50-39(2)41(4)60(64-62(50)61)47-19-13-18-45(36-47)42-16-7-5-8-17-42)44-30-28-43(29-31-44)51-23-14-26-54-52(24-15-25-53(51)54)46-32-35-58-56(37-46)55-22-11-12-27-57(55)65(58)48-20-9-6-10-21-48/h5-37H,1-4H3. The van der Waals surface area contributed by atoms with E-state index in [4.69, 9.17) is 9.97 Å². The third kappa shape index (κ3) is 6.26. The fourth-order valence-electron chi connectivity index (χ4n) is 10.2. The van der Waals surface area contributed by atoms with Crippen molar-refractivity contribution in [3.63, 3.8) is 0 Å². The Morgan fingerprint density at radius 3 is 1.46 bits per heavy atom. The van der Waals surface area contributed by atoms with E-state index in [1.165, 1.54) is 93.9 Å². The fraction of sp³-hybridized carbons (Fsp3) is 0.0645. The lowest BCUT2D eigenvalue weighted by molar-refractivity contribution is 1.18. The molecule has 12 rings (SSSR count). The molecule has 12 aromatic rings. The quantitative estimate of drug-likeness (QED) is 0.156. The number of hydrogen-bond acceptors (Lipinski definition) is 2. The van der Waals surface area contributed by atoms with Gasteiger partial charge in [0.15, 0.2) is 0 Å². The number of nitrogens with zero attached hydrogens (tertiary/aromatic N) is 3. The van der Waals surface area contributed by atoms with E-state index >= 15 is 0 Å². The van der Waals surface area contributed by atoms with Crippen molar-refractivity contribution in [2.45, 2.75) is 27.7 Å². The molecule has 9 aromatic carbocycles. The molecule has 0 saturated carbocycles. The highest BCUT2D eigenvalue weighted by Gasteiger charge is 2.19. The van der Waals surface area contributed by atoms with Gasteiger partial charge in [0.2, 0.25) is 0 Å². The SMILES string of the molecule is Cc1c(-c2ccc(-c3cccc4c(-c5ccc6c(c5)c5ccccc5n6-c5ccccc5)cccc34)cc2)nc2c(ccc3c(C)c(C)c(-c4cccc(-c5ccccc5)c4)nc32)c1C. The number of hydrogen-bond donors (Lipinski definition) is 0. The average Bonchev–Trinajstić information content (AvgIpc) is 3.70. The Balaban J connectivity index is 0.937. The molecule has 0 amide bonds. The molecule has 0 radical (unpaired) electrons. The van der Waals surface area contributed by atoms with Crippen LogP contribution in [0.1, 0.15) is 22.3 Å². The molecule has 3 aromatic heterocycles. The number of para-hydroxylation sites is 2. The van der Waals surface area contributed by atoms with Crippen molar-refractivity contribution in [1.29, 1.82) is 0 Å². The maximum absolute atomic E-state index is 5.50.